The summed E-state index contributed by atoms with van der Waals surface area (Å²) in [5, 5.41) is 0. The molecular formula is C87H88F20O3. The van der Waals surface area contributed by atoms with Gasteiger partial charge in [-0.15, -0.1) is 0 Å². The van der Waals surface area contributed by atoms with Crippen molar-refractivity contribution in [2.24, 2.45) is 35.5 Å². The van der Waals surface area contributed by atoms with Crippen molar-refractivity contribution in [3.05, 3.63) is 242 Å². The quantitative estimate of drug-likeness (QED) is 0.0343. The molecule has 0 spiro atoms. The van der Waals surface area contributed by atoms with Crippen LogP contribution >= 0.6 is 0 Å². The number of hydrogen-bond donors (Lipinski definition) is 0. The number of benzene rings is 8. The zero-order chi connectivity index (χ0) is 79.4. The predicted molar refractivity (Wildman–Crippen MR) is 380 cm³/mol. The maximum absolute atomic E-state index is 14.9. The second-order valence-electron chi connectivity index (χ2n) is 29.8. The lowest BCUT2D eigenvalue weighted by Crippen LogP contribution is -2.26. The Morgan fingerprint density at radius 1 is 0.300 bits per heavy atom. The Morgan fingerprint density at radius 2 is 0.645 bits per heavy atom. The Balaban J connectivity index is 0.000000176. The van der Waals surface area contributed by atoms with Crippen LogP contribution in [0.3, 0.4) is 0 Å². The average molecular weight is 1560 g/mol. The molecule has 0 unspecified atom stereocenters. The third kappa shape index (κ3) is 21.3. The van der Waals surface area contributed by atoms with Crippen LogP contribution in [0.2, 0.25) is 0 Å². The molecule has 594 valence electrons. The Kier molecular flexibility index (Phi) is 28.6. The Labute approximate surface area is 628 Å². The monoisotopic (exact) mass is 1560 g/mol. The SMILES string of the molecule is CCCCC1CCC(C2CCC(c3ccc(C(F)(F)Oc4cc(F)c(F)c(F)c4)c(F)c3)CC2)CC1.CCCCCC1CCC(C2CCC(c3ccc(C(F)(F)Oc4cc(F)c(F)c(F)c4)c(F)c3)CC2)CC1.CCCc1ccc(-c2ccc(-c3cc(F)c(C(F)(F)Oc4cc(F)c(F)c(F)c4)c(F)c3)c(F)c2)cc1. The van der Waals surface area contributed by atoms with E-state index in [0.29, 0.717) is 70.5 Å². The molecule has 0 heterocycles. The highest BCUT2D eigenvalue weighted by Gasteiger charge is 2.44. The molecule has 4 aliphatic rings. The van der Waals surface area contributed by atoms with E-state index in [4.69, 9.17) is 0 Å². The van der Waals surface area contributed by atoms with Crippen LogP contribution in [0.4, 0.5) is 87.8 Å². The van der Waals surface area contributed by atoms with Crippen molar-refractivity contribution in [3.8, 4) is 39.5 Å². The van der Waals surface area contributed by atoms with E-state index < -0.39 is 134 Å². The van der Waals surface area contributed by atoms with Gasteiger partial charge in [0.2, 0.25) is 0 Å². The second-order valence-corrected chi connectivity index (χ2v) is 29.8. The smallest absolute Gasteiger partial charge is 0.429 e. The lowest BCUT2D eigenvalue weighted by atomic mass is 9.68. The third-order valence-corrected chi connectivity index (χ3v) is 22.4. The molecule has 8 aromatic rings. The summed E-state index contributed by atoms with van der Waals surface area (Å²) < 4.78 is 293. The minimum atomic E-state index is -4.74. The summed E-state index contributed by atoms with van der Waals surface area (Å²) in [7, 11) is 0. The second kappa shape index (κ2) is 37.4. The van der Waals surface area contributed by atoms with E-state index in [-0.39, 0.29) is 35.1 Å². The number of unbranched alkanes of at least 4 members (excludes halogenated alkanes) is 3. The van der Waals surface area contributed by atoms with Crippen LogP contribution in [-0.2, 0) is 24.7 Å². The topological polar surface area (TPSA) is 27.7 Å². The van der Waals surface area contributed by atoms with E-state index in [1.807, 2.05) is 31.2 Å². The molecule has 4 aliphatic carbocycles. The largest absolute Gasteiger partial charge is 0.432 e. The molecule has 3 nitrogen and oxygen atoms in total. The third-order valence-electron chi connectivity index (χ3n) is 22.4. The van der Waals surface area contributed by atoms with Crippen molar-refractivity contribution in [1.29, 1.82) is 0 Å². The summed E-state index contributed by atoms with van der Waals surface area (Å²) in [4.78, 5) is 0. The lowest BCUT2D eigenvalue weighted by Gasteiger charge is -2.38. The van der Waals surface area contributed by atoms with Crippen molar-refractivity contribution >= 4 is 0 Å². The van der Waals surface area contributed by atoms with Crippen LogP contribution in [0, 0.1) is 117 Å². The van der Waals surface area contributed by atoms with Crippen LogP contribution in [0.15, 0.2) is 127 Å². The van der Waals surface area contributed by atoms with Gasteiger partial charge in [-0.1, -0.05) is 146 Å². The normalized spacial score (nSPS) is 20.4. The maximum Gasteiger partial charge on any atom is 0.432 e. The van der Waals surface area contributed by atoms with Crippen molar-refractivity contribution in [2.45, 2.75) is 211 Å². The summed E-state index contributed by atoms with van der Waals surface area (Å²) in [6.45, 7) is 6.52. The molecule has 0 radical (unpaired) electrons. The average Bonchev–Trinajstić information content (AvgIpc) is 0.780. The van der Waals surface area contributed by atoms with Crippen LogP contribution in [0.25, 0.3) is 22.3 Å². The number of alkyl halides is 6. The van der Waals surface area contributed by atoms with E-state index in [2.05, 4.69) is 28.1 Å². The van der Waals surface area contributed by atoms with Gasteiger partial charge < -0.3 is 14.2 Å². The number of hydrogen-bond acceptors (Lipinski definition) is 3. The highest BCUT2D eigenvalue weighted by Crippen LogP contribution is 2.49. The number of aryl methyl sites for hydroxylation is 1. The number of rotatable bonds is 24. The van der Waals surface area contributed by atoms with Crippen molar-refractivity contribution in [2.75, 3.05) is 0 Å². The predicted octanol–water partition coefficient (Wildman–Crippen LogP) is 28.6. The molecule has 0 N–H and O–H groups in total. The first kappa shape index (κ1) is 84.2. The summed E-state index contributed by atoms with van der Waals surface area (Å²) in [5.74, 6) is -20.8. The molecular weight excluding hydrogens is 1470 g/mol. The summed E-state index contributed by atoms with van der Waals surface area (Å²) >= 11 is 0. The van der Waals surface area contributed by atoms with E-state index in [9.17, 15) is 87.8 Å². The van der Waals surface area contributed by atoms with Gasteiger partial charge >= 0.3 is 18.3 Å². The van der Waals surface area contributed by atoms with E-state index >= 15 is 0 Å². The van der Waals surface area contributed by atoms with Gasteiger partial charge in [0.25, 0.3) is 0 Å². The Bertz CT molecular complexity index is 4290. The maximum atomic E-state index is 14.9. The molecule has 0 atom stereocenters. The highest BCUT2D eigenvalue weighted by atomic mass is 19.3. The molecule has 0 aliphatic heterocycles. The molecule has 0 saturated heterocycles. The fraction of sp³-hybridized carbons (Fsp3) is 0.448. The first-order valence-electron chi connectivity index (χ1n) is 38.0. The molecule has 4 saturated carbocycles. The van der Waals surface area contributed by atoms with Gasteiger partial charge in [0.1, 0.15) is 51.9 Å². The van der Waals surface area contributed by atoms with Crippen LogP contribution in [0.5, 0.6) is 17.2 Å². The molecule has 0 aromatic heterocycles. The number of ether oxygens (including phenoxy) is 3. The fourth-order valence-corrected chi connectivity index (χ4v) is 16.4. The van der Waals surface area contributed by atoms with Gasteiger partial charge in [0, 0.05) is 42.0 Å². The van der Waals surface area contributed by atoms with Gasteiger partial charge in [-0.05, 0) is 207 Å². The van der Waals surface area contributed by atoms with E-state index in [1.54, 1.807) is 0 Å². The summed E-state index contributed by atoms with van der Waals surface area (Å²) in [6, 6.07) is 20.9. The highest BCUT2D eigenvalue weighted by molar-refractivity contribution is 5.71. The lowest BCUT2D eigenvalue weighted by molar-refractivity contribution is -0.190. The molecule has 0 amide bonds. The Morgan fingerprint density at radius 3 is 1.00 bits per heavy atom. The zero-order valence-electron chi connectivity index (χ0n) is 61.2. The van der Waals surface area contributed by atoms with Gasteiger partial charge in [-0.25, -0.2) is 61.5 Å². The summed E-state index contributed by atoms with van der Waals surface area (Å²) in [6.07, 6.45) is 16.3. The van der Waals surface area contributed by atoms with E-state index in [1.165, 1.54) is 121 Å². The summed E-state index contributed by atoms with van der Waals surface area (Å²) in [5.41, 5.74) is -0.879. The molecule has 4 fully saturated rings. The molecule has 8 aromatic carbocycles. The minimum absolute atomic E-state index is 0.102. The van der Waals surface area contributed by atoms with Crippen molar-refractivity contribution in [1.82, 2.24) is 0 Å². The molecule has 23 heteroatoms. The fourth-order valence-electron chi connectivity index (χ4n) is 16.4. The van der Waals surface area contributed by atoms with Crippen LogP contribution in [0.1, 0.15) is 220 Å². The van der Waals surface area contributed by atoms with E-state index in [0.717, 1.165) is 124 Å². The minimum Gasteiger partial charge on any atom is -0.429 e. The first-order chi connectivity index (χ1) is 52.3. The number of halogens is 20. The molecule has 110 heavy (non-hydrogen) atoms. The first-order valence-corrected chi connectivity index (χ1v) is 38.0. The standard InChI is InChI=1S/C30H36F6O.C29H34F6O.C28H18F8O/c1-2-3-4-5-19-6-8-20(9-7-19)21-10-12-22(13-11-21)23-14-15-25(26(31)16-23)30(35,36)37-24-17-27(32)29(34)28(33)18-24;1-2-3-4-18-5-7-19(8-6-18)20-9-11-21(12-10-20)22-13-14-24(25(30)15-22)29(34,35)36-23-16-26(31)28(33)27(32)17-23;1-2-3-15-4-6-16(7-5-15)17-8-9-20(21(29)10-17)18-11-22(30)26(23(31)12-18)28(35,36)37-19-13-24(32)27(34)25(33)14-19/h14-22H,2-13H2,1H3;13-21H,2-12H2,1H3;4-14H,2-3H2,1H3. The molecule has 12 rings (SSSR count). The van der Waals surface area contributed by atoms with Crippen LogP contribution < -0.4 is 14.2 Å². The van der Waals surface area contributed by atoms with Gasteiger partial charge in [0.05, 0.1) is 11.1 Å². The van der Waals surface area contributed by atoms with Crippen molar-refractivity contribution < 1.29 is 102 Å². The van der Waals surface area contributed by atoms with Gasteiger partial charge in [-0.2, -0.15) is 26.3 Å². The molecule has 0 bridgehead atoms. The van der Waals surface area contributed by atoms with Gasteiger partial charge in [-0.3, -0.25) is 0 Å². The Hall–Kier alpha value is -8.24. The van der Waals surface area contributed by atoms with Crippen LogP contribution in [-0.4, -0.2) is 0 Å². The van der Waals surface area contributed by atoms with Gasteiger partial charge in [0.15, 0.2) is 52.4 Å². The van der Waals surface area contributed by atoms with Crippen molar-refractivity contribution in [3.63, 3.8) is 0 Å². The zero-order valence-corrected chi connectivity index (χ0v) is 61.2.